The number of rotatable bonds is 3. The minimum absolute atomic E-state index is 0.264. The molecule has 1 amide bonds. The normalized spacial score (nSPS) is 11.2. The lowest BCUT2D eigenvalue weighted by molar-refractivity contribution is 0.101. The standard InChI is InChI=1S/C19H14N6O/c26-19(18-21-6-7-22-18)24-16-8-11(9-17-14(16)10-23-25-17)12-2-1-3-15-13(12)4-5-20-15/h1-10,20H,(H,21,22)(H,23,25)(H,24,26). The summed E-state index contributed by atoms with van der Waals surface area (Å²) in [4.78, 5) is 22.5. The number of aromatic nitrogens is 5. The molecule has 0 fully saturated rings. The van der Waals surface area contributed by atoms with Crippen molar-refractivity contribution >= 4 is 33.4 Å². The summed E-state index contributed by atoms with van der Waals surface area (Å²) in [6.07, 6.45) is 6.78. The van der Waals surface area contributed by atoms with E-state index in [0.717, 1.165) is 32.9 Å². The quantitative estimate of drug-likeness (QED) is 0.402. The van der Waals surface area contributed by atoms with E-state index >= 15 is 0 Å². The maximum atomic E-state index is 12.4. The Bertz CT molecular complexity index is 1230. The Morgan fingerprint density at radius 1 is 1.00 bits per heavy atom. The zero-order valence-corrected chi connectivity index (χ0v) is 13.6. The molecule has 5 rings (SSSR count). The first-order valence-electron chi connectivity index (χ1n) is 8.14. The summed E-state index contributed by atoms with van der Waals surface area (Å²) in [5, 5.41) is 12.0. The minimum Gasteiger partial charge on any atom is -0.361 e. The van der Waals surface area contributed by atoms with E-state index in [4.69, 9.17) is 0 Å². The third-order valence-electron chi connectivity index (χ3n) is 4.43. The highest BCUT2D eigenvalue weighted by molar-refractivity contribution is 6.09. The number of hydrogen-bond acceptors (Lipinski definition) is 3. The number of aromatic amines is 3. The molecule has 3 aromatic heterocycles. The van der Waals surface area contributed by atoms with Crippen molar-refractivity contribution in [2.75, 3.05) is 5.32 Å². The molecule has 126 valence electrons. The van der Waals surface area contributed by atoms with Crippen molar-refractivity contribution in [1.29, 1.82) is 0 Å². The number of nitrogens with one attached hydrogen (secondary N) is 4. The van der Waals surface area contributed by atoms with Gasteiger partial charge in [-0.1, -0.05) is 12.1 Å². The molecule has 0 aliphatic carbocycles. The number of amides is 1. The topological polar surface area (TPSA) is 102 Å². The van der Waals surface area contributed by atoms with Crippen LogP contribution in [0.15, 0.2) is 61.2 Å². The fraction of sp³-hybridized carbons (Fsp3) is 0. The first-order valence-corrected chi connectivity index (χ1v) is 8.14. The Morgan fingerprint density at radius 3 is 2.85 bits per heavy atom. The number of hydrogen-bond donors (Lipinski definition) is 4. The number of fused-ring (bicyclic) bond motifs is 2. The molecule has 2 aromatic carbocycles. The molecule has 26 heavy (non-hydrogen) atoms. The lowest BCUT2D eigenvalue weighted by Gasteiger charge is -2.10. The lowest BCUT2D eigenvalue weighted by atomic mass is 9.99. The van der Waals surface area contributed by atoms with E-state index in [2.05, 4.69) is 36.5 Å². The van der Waals surface area contributed by atoms with Gasteiger partial charge in [0.1, 0.15) is 0 Å². The molecule has 4 N–H and O–H groups in total. The van der Waals surface area contributed by atoms with Crippen molar-refractivity contribution in [3.63, 3.8) is 0 Å². The Balaban J connectivity index is 1.66. The molecule has 7 nitrogen and oxygen atoms in total. The van der Waals surface area contributed by atoms with Crippen LogP contribution in [0.3, 0.4) is 0 Å². The van der Waals surface area contributed by atoms with Gasteiger partial charge in [0, 0.05) is 34.9 Å². The summed E-state index contributed by atoms with van der Waals surface area (Å²) in [6.45, 7) is 0. The second-order valence-electron chi connectivity index (χ2n) is 5.99. The number of imidazole rings is 1. The van der Waals surface area contributed by atoms with Crippen LogP contribution in [-0.4, -0.2) is 31.1 Å². The van der Waals surface area contributed by atoms with Gasteiger partial charge in [-0.3, -0.25) is 9.89 Å². The fourth-order valence-corrected chi connectivity index (χ4v) is 3.22. The molecule has 0 atom stereocenters. The van der Waals surface area contributed by atoms with Crippen molar-refractivity contribution in [2.24, 2.45) is 0 Å². The van der Waals surface area contributed by atoms with Gasteiger partial charge in [-0.2, -0.15) is 5.10 Å². The maximum absolute atomic E-state index is 12.4. The Hall–Kier alpha value is -3.87. The molecule has 0 spiro atoms. The van der Waals surface area contributed by atoms with Gasteiger partial charge >= 0.3 is 0 Å². The first-order chi connectivity index (χ1) is 12.8. The Kier molecular flexibility index (Phi) is 3.11. The maximum Gasteiger partial charge on any atom is 0.291 e. The Labute approximate surface area is 147 Å². The molecule has 0 saturated heterocycles. The smallest absolute Gasteiger partial charge is 0.291 e. The van der Waals surface area contributed by atoms with Crippen LogP contribution in [0.2, 0.25) is 0 Å². The molecule has 0 unspecified atom stereocenters. The van der Waals surface area contributed by atoms with E-state index in [0.29, 0.717) is 5.69 Å². The largest absolute Gasteiger partial charge is 0.361 e. The van der Waals surface area contributed by atoms with Gasteiger partial charge in [-0.25, -0.2) is 4.98 Å². The van der Waals surface area contributed by atoms with Crippen LogP contribution in [0.25, 0.3) is 32.9 Å². The van der Waals surface area contributed by atoms with Crippen molar-refractivity contribution in [1.82, 2.24) is 25.1 Å². The second-order valence-corrected chi connectivity index (χ2v) is 5.99. The fourth-order valence-electron chi connectivity index (χ4n) is 3.22. The third-order valence-corrected chi connectivity index (χ3v) is 4.43. The predicted molar refractivity (Wildman–Crippen MR) is 99.9 cm³/mol. The molecule has 7 heteroatoms. The van der Waals surface area contributed by atoms with Crippen molar-refractivity contribution in [2.45, 2.75) is 0 Å². The molecule has 5 aromatic rings. The van der Waals surface area contributed by atoms with E-state index in [1.165, 1.54) is 0 Å². The van der Waals surface area contributed by atoms with Crippen molar-refractivity contribution in [3.8, 4) is 11.1 Å². The highest BCUT2D eigenvalue weighted by Crippen LogP contribution is 2.33. The van der Waals surface area contributed by atoms with Gasteiger partial charge in [0.15, 0.2) is 5.82 Å². The monoisotopic (exact) mass is 342 g/mol. The van der Waals surface area contributed by atoms with Crippen LogP contribution < -0.4 is 5.32 Å². The lowest BCUT2D eigenvalue weighted by Crippen LogP contribution is -2.13. The van der Waals surface area contributed by atoms with E-state index in [1.54, 1.807) is 18.6 Å². The number of carbonyl (C=O) groups excluding carboxylic acids is 1. The van der Waals surface area contributed by atoms with Gasteiger partial charge in [-0.15, -0.1) is 0 Å². The summed E-state index contributed by atoms with van der Waals surface area (Å²) in [6, 6.07) is 12.1. The van der Waals surface area contributed by atoms with Crippen LogP contribution >= 0.6 is 0 Å². The van der Waals surface area contributed by atoms with Gasteiger partial charge in [0.25, 0.3) is 5.91 Å². The van der Waals surface area contributed by atoms with E-state index < -0.39 is 0 Å². The molecule has 0 bridgehead atoms. The molecule has 3 heterocycles. The first kappa shape index (κ1) is 14.5. The summed E-state index contributed by atoms with van der Waals surface area (Å²) in [5.74, 6) is -0.0331. The van der Waals surface area contributed by atoms with Gasteiger partial charge in [0.05, 0.1) is 17.4 Å². The number of carbonyl (C=O) groups is 1. The van der Waals surface area contributed by atoms with Crippen LogP contribution in [0, 0.1) is 0 Å². The van der Waals surface area contributed by atoms with Crippen LogP contribution in [0.5, 0.6) is 0 Å². The molecule has 0 aliphatic heterocycles. The third kappa shape index (κ3) is 2.26. The number of H-pyrrole nitrogens is 3. The molecular weight excluding hydrogens is 328 g/mol. The molecule has 0 saturated carbocycles. The van der Waals surface area contributed by atoms with Gasteiger partial charge < -0.3 is 15.3 Å². The SMILES string of the molecule is O=C(Nc1cc(-c2cccc3[nH]ccc23)cc2[nH]ncc12)c1ncc[nH]1. The summed E-state index contributed by atoms with van der Waals surface area (Å²) in [5.41, 5.74) is 4.66. The predicted octanol–water partition coefficient (Wildman–Crippen LogP) is 3.69. The van der Waals surface area contributed by atoms with E-state index in [1.807, 2.05) is 36.5 Å². The Morgan fingerprint density at radius 2 is 1.96 bits per heavy atom. The van der Waals surface area contributed by atoms with Crippen LogP contribution in [-0.2, 0) is 0 Å². The highest BCUT2D eigenvalue weighted by atomic mass is 16.2. The number of nitrogens with zero attached hydrogens (tertiary/aromatic N) is 2. The highest BCUT2D eigenvalue weighted by Gasteiger charge is 2.14. The number of anilines is 1. The zero-order valence-electron chi connectivity index (χ0n) is 13.6. The average Bonchev–Trinajstić information content (AvgIpc) is 3.40. The minimum atomic E-state index is -0.297. The van der Waals surface area contributed by atoms with Gasteiger partial charge in [-0.05, 0) is 35.4 Å². The van der Waals surface area contributed by atoms with Gasteiger partial charge in [0.2, 0.25) is 0 Å². The van der Waals surface area contributed by atoms with E-state index in [-0.39, 0.29) is 11.7 Å². The summed E-state index contributed by atoms with van der Waals surface area (Å²) < 4.78 is 0. The van der Waals surface area contributed by atoms with Crippen molar-refractivity contribution < 1.29 is 4.79 Å². The molecule has 0 aliphatic rings. The summed E-state index contributed by atoms with van der Waals surface area (Å²) in [7, 11) is 0. The van der Waals surface area contributed by atoms with Crippen molar-refractivity contribution in [3.05, 3.63) is 67.0 Å². The van der Waals surface area contributed by atoms with Crippen LogP contribution in [0.4, 0.5) is 5.69 Å². The molecular formula is C19H14N6O. The number of benzene rings is 2. The average molecular weight is 342 g/mol. The summed E-state index contributed by atoms with van der Waals surface area (Å²) >= 11 is 0. The second kappa shape index (κ2) is 5.59. The van der Waals surface area contributed by atoms with E-state index in [9.17, 15) is 4.79 Å². The van der Waals surface area contributed by atoms with Crippen LogP contribution in [0.1, 0.15) is 10.6 Å². The zero-order chi connectivity index (χ0) is 17.5. The molecule has 0 radical (unpaired) electrons.